The van der Waals surface area contributed by atoms with Crippen molar-refractivity contribution >= 4 is 45.6 Å². The molecule has 1 aliphatic rings. The number of hydrogen-bond acceptors (Lipinski definition) is 4. The predicted octanol–water partition coefficient (Wildman–Crippen LogP) is 6.06. The quantitative estimate of drug-likeness (QED) is 0.349. The maximum absolute atomic E-state index is 12.5. The molecule has 1 fully saturated rings. The van der Waals surface area contributed by atoms with E-state index in [9.17, 15) is 9.59 Å². The van der Waals surface area contributed by atoms with Crippen molar-refractivity contribution in [1.29, 1.82) is 0 Å². The normalized spacial score (nSPS) is 14.4. The highest BCUT2D eigenvalue weighted by molar-refractivity contribution is 7.12. The fraction of sp³-hybridized carbons (Fsp3) is 0.240. The van der Waals surface area contributed by atoms with Gasteiger partial charge in [0.15, 0.2) is 0 Å². The zero-order chi connectivity index (χ0) is 21.9. The molecule has 0 saturated heterocycles. The van der Waals surface area contributed by atoms with E-state index in [1.807, 2.05) is 53.9 Å². The Hall–Kier alpha value is -3.45. The van der Waals surface area contributed by atoms with Crippen LogP contribution in [0.2, 0.25) is 0 Å². The highest BCUT2D eigenvalue weighted by Gasteiger charge is 2.21. The second-order valence-electron chi connectivity index (χ2n) is 8.15. The van der Waals surface area contributed by atoms with Crippen LogP contribution >= 0.6 is 11.3 Å². The Bertz CT molecular complexity index is 1240. The summed E-state index contributed by atoms with van der Waals surface area (Å²) in [4.78, 5) is 33.4. The number of fused-ring (bicyclic) bond motifs is 1. The number of benzene rings is 2. The molecule has 2 heterocycles. The molecular weight excluding hydrogens is 420 g/mol. The second kappa shape index (κ2) is 8.96. The van der Waals surface area contributed by atoms with Gasteiger partial charge in [-0.3, -0.25) is 9.59 Å². The first-order chi connectivity index (χ1) is 15.7. The topological polar surface area (TPSA) is 86.9 Å². The molecule has 0 atom stereocenters. The fourth-order valence-electron chi connectivity index (χ4n) is 4.15. The van der Waals surface area contributed by atoms with Gasteiger partial charge < -0.3 is 15.6 Å². The van der Waals surface area contributed by atoms with E-state index >= 15 is 0 Å². The summed E-state index contributed by atoms with van der Waals surface area (Å²) in [5.74, 6) is 0.878. The molecule has 2 amide bonds. The molecule has 0 radical (unpaired) electrons. The van der Waals surface area contributed by atoms with Gasteiger partial charge in [-0.2, -0.15) is 0 Å². The van der Waals surface area contributed by atoms with Gasteiger partial charge in [-0.15, -0.1) is 11.3 Å². The lowest BCUT2D eigenvalue weighted by Gasteiger charge is -2.20. The van der Waals surface area contributed by atoms with Crippen molar-refractivity contribution in [2.24, 2.45) is 5.92 Å². The number of rotatable bonds is 5. The molecule has 7 heteroatoms. The monoisotopic (exact) mass is 444 g/mol. The van der Waals surface area contributed by atoms with Crippen molar-refractivity contribution in [3.63, 3.8) is 0 Å². The minimum atomic E-state index is -0.120. The summed E-state index contributed by atoms with van der Waals surface area (Å²) in [6, 6.07) is 17.0. The van der Waals surface area contributed by atoms with E-state index in [2.05, 4.69) is 20.6 Å². The molecule has 1 saturated carbocycles. The molecule has 0 aliphatic heterocycles. The minimum absolute atomic E-state index is 0.120. The van der Waals surface area contributed by atoms with Crippen molar-refractivity contribution in [2.75, 3.05) is 10.6 Å². The third-order valence-electron chi connectivity index (χ3n) is 5.89. The third-order valence-corrected chi connectivity index (χ3v) is 6.76. The molecule has 162 valence electrons. The summed E-state index contributed by atoms with van der Waals surface area (Å²) < 4.78 is 0. The summed E-state index contributed by atoms with van der Waals surface area (Å²) in [5.41, 5.74) is 4.12. The lowest BCUT2D eigenvalue weighted by molar-refractivity contribution is -0.120. The number of hydrogen-bond donors (Lipinski definition) is 3. The van der Waals surface area contributed by atoms with E-state index in [0.717, 1.165) is 53.8 Å². The van der Waals surface area contributed by atoms with Crippen molar-refractivity contribution < 1.29 is 9.59 Å². The number of aromatic nitrogens is 2. The average Bonchev–Trinajstić information content (AvgIpc) is 3.50. The van der Waals surface area contributed by atoms with Gasteiger partial charge in [-0.05, 0) is 66.8 Å². The van der Waals surface area contributed by atoms with Crippen LogP contribution in [0.5, 0.6) is 0 Å². The van der Waals surface area contributed by atoms with E-state index in [0.29, 0.717) is 10.6 Å². The number of nitrogens with one attached hydrogen (secondary N) is 3. The first-order valence-corrected chi connectivity index (χ1v) is 11.8. The Labute approximate surface area is 190 Å². The van der Waals surface area contributed by atoms with Gasteiger partial charge in [0.2, 0.25) is 5.91 Å². The summed E-state index contributed by atoms with van der Waals surface area (Å²) in [6.07, 6.45) is 5.49. The average molecular weight is 445 g/mol. The van der Waals surface area contributed by atoms with Gasteiger partial charge >= 0.3 is 0 Å². The number of aromatic amines is 1. The number of carbonyl (C=O) groups excluding carboxylic acids is 2. The van der Waals surface area contributed by atoms with Crippen molar-refractivity contribution in [2.45, 2.75) is 32.1 Å². The number of anilines is 2. The summed E-state index contributed by atoms with van der Waals surface area (Å²) >= 11 is 1.41. The van der Waals surface area contributed by atoms with Crippen LogP contribution in [0.15, 0.2) is 60.0 Å². The van der Waals surface area contributed by atoms with Crippen LogP contribution in [0.3, 0.4) is 0 Å². The molecule has 2 aromatic heterocycles. The smallest absolute Gasteiger partial charge is 0.265 e. The van der Waals surface area contributed by atoms with E-state index in [4.69, 9.17) is 0 Å². The van der Waals surface area contributed by atoms with E-state index in [1.165, 1.54) is 17.8 Å². The SMILES string of the molecule is O=C(Nc1ccc2nc(-c3ccc(NC(=O)C4CCCCC4)cc3)[nH]c2c1)c1cccs1. The van der Waals surface area contributed by atoms with Crippen LogP contribution in [-0.2, 0) is 4.79 Å². The molecule has 4 aromatic rings. The molecule has 0 bridgehead atoms. The Morgan fingerprint density at radius 1 is 0.938 bits per heavy atom. The molecule has 3 N–H and O–H groups in total. The molecule has 1 aliphatic carbocycles. The summed E-state index contributed by atoms with van der Waals surface area (Å²) in [6.45, 7) is 0. The lowest BCUT2D eigenvalue weighted by atomic mass is 9.88. The van der Waals surface area contributed by atoms with Crippen molar-refractivity contribution in [3.8, 4) is 11.4 Å². The fourth-order valence-corrected chi connectivity index (χ4v) is 4.76. The van der Waals surface area contributed by atoms with Gasteiger partial charge in [0.05, 0.1) is 15.9 Å². The Morgan fingerprint density at radius 3 is 2.47 bits per heavy atom. The van der Waals surface area contributed by atoms with Crippen LogP contribution in [0.25, 0.3) is 22.4 Å². The second-order valence-corrected chi connectivity index (χ2v) is 9.10. The minimum Gasteiger partial charge on any atom is -0.338 e. The molecule has 6 nitrogen and oxygen atoms in total. The molecule has 2 aromatic carbocycles. The highest BCUT2D eigenvalue weighted by atomic mass is 32.1. The van der Waals surface area contributed by atoms with Crippen LogP contribution in [0, 0.1) is 5.92 Å². The number of nitrogens with zero attached hydrogens (tertiary/aromatic N) is 1. The number of amides is 2. The third kappa shape index (κ3) is 4.43. The number of thiophene rings is 1. The number of imidazole rings is 1. The van der Waals surface area contributed by atoms with Gasteiger partial charge in [0, 0.05) is 22.9 Å². The summed E-state index contributed by atoms with van der Waals surface area (Å²) in [5, 5.41) is 7.85. The van der Waals surface area contributed by atoms with Crippen molar-refractivity contribution in [3.05, 3.63) is 64.9 Å². The Morgan fingerprint density at radius 2 is 1.72 bits per heavy atom. The zero-order valence-corrected chi connectivity index (χ0v) is 18.4. The molecular formula is C25H24N4O2S. The van der Waals surface area contributed by atoms with Crippen LogP contribution in [-0.4, -0.2) is 21.8 Å². The number of H-pyrrole nitrogens is 1. The molecule has 32 heavy (non-hydrogen) atoms. The first-order valence-electron chi connectivity index (χ1n) is 10.9. The van der Waals surface area contributed by atoms with Crippen LogP contribution < -0.4 is 10.6 Å². The Balaban J connectivity index is 1.29. The first kappa shape index (κ1) is 20.5. The maximum Gasteiger partial charge on any atom is 0.265 e. The lowest BCUT2D eigenvalue weighted by Crippen LogP contribution is -2.24. The van der Waals surface area contributed by atoms with Gasteiger partial charge in [0.25, 0.3) is 5.91 Å². The van der Waals surface area contributed by atoms with Gasteiger partial charge in [0.1, 0.15) is 5.82 Å². The zero-order valence-electron chi connectivity index (χ0n) is 17.6. The van der Waals surface area contributed by atoms with Crippen LogP contribution in [0.1, 0.15) is 41.8 Å². The molecule has 0 spiro atoms. The van der Waals surface area contributed by atoms with Gasteiger partial charge in [-0.25, -0.2) is 4.98 Å². The van der Waals surface area contributed by atoms with Gasteiger partial charge in [-0.1, -0.05) is 25.3 Å². The Kier molecular flexibility index (Phi) is 5.73. The summed E-state index contributed by atoms with van der Waals surface area (Å²) in [7, 11) is 0. The van der Waals surface area contributed by atoms with Crippen molar-refractivity contribution in [1.82, 2.24) is 9.97 Å². The van der Waals surface area contributed by atoms with E-state index < -0.39 is 0 Å². The van der Waals surface area contributed by atoms with Crippen LogP contribution in [0.4, 0.5) is 11.4 Å². The maximum atomic E-state index is 12.5. The highest BCUT2D eigenvalue weighted by Crippen LogP contribution is 2.27. The molecule has 5 rings (SSSR count). The standard InChI is InChI=1S/C25H24N4O2S/c30-24(17-5-2-1-3-6-17)26-18-10-8-16(9-11-18)23-28-20-13-12-19(15-21(20)29-23)27-25(31)22-7-4-14-32-22/h4,7-15,17H,1-3,5-6H2,(H,26,30)(H,27,31)(H,28,29). The largest absolute Gasteiger partial charge is 0.338 e. The number of carbonyl (C=O) groups is 2. The van der Waals surface area contributed by atoms with E-state index in [-0.39, 0.29) is 17.7 Å². The molecule has 0 unspecified atom stereocenters. The van der Waals surface area contributed by atoms with E-state index in [1.54, 1.807) is 6.07 Å². The predicted molar refractivity (Wildman–Crippen MR) is 129 cm³/mol.